The largest absolute Gasteiger partial charge is 0.0991 e. The molecule has 0 aliphatic rings. The zero-order chi connectivity index (χ0) is 21.8. The summed E-state index contributed by atoms with van der Waals surface area (Å²) in [6.45, 7) is 20.4. The lowest BCUT2D eigenvalue weighted by Gasteiger charge is -2.09. The predicted molar refractivity (Wildman–Crippen MR) is 132 cm³/mol. The standard InChI is InChI=1S/C19H22.C10H16/c1-14(2)19-12-15(3)11-17(13-19)9-10-18-8-6-5-7-16(18)4;1-5-8-10(7-3)9(4)6-2/h5-8,11-13H,1,9-10H2,2-4H3;5-6,8H,1,7H2,2-4H3/b;9-6-,10-8-. The fourth-order valence-electron chi connectivity index (χ4n) is 3.28. The summed E-state index contributed by atoms with van der Waals surface area (Å²) in [5, 5.41) is 0. The van der Waals surface area contributed by atoms with E-state index >= 15 is 0 Å². The third-order valence-corrected chi connectivity index (χ3v) is 5.21. The van der Waals surface area contributed by atoms with Crippen LogP contribution in [-0.2, 0) is 12.8 Å². The maximum Gasteiger partial charge on any atom is -0.0228 e. The molecule has 0 heterocycles. The molecular formula is C29H38. The average Bonchev–Trinajstić information content (AvgIpc) is 2.71. The van der Waals surface area contributed by atoms with Crippen molar-refractivity contribution in [3.63, 3.8) is 0 Å². The van der Waals surface area contributed by atoms with Gasteiger partial charge in [-0.15, -0.1) is 0 Å². The lowest BCUT2D eigenvalue weighted by atomic mass is 9.96. The number of allylic oxidation sites excluding steroid dienone is 6. The van der Waals surface area contributed by atoms with Gasteiger partial charge < -0.3 is 0 Å². The molecule has 0 radical (unpaired) electrons. The van der Waals surface area contributed by atoms with Gasteiger partial charge in [0.05, 0.1) is 0 Å². The van der Waals surface area contributed by atoms with Crippen LogP contribution in [0.3, 0.4) is 0 Å². The molecular weight excluding hydrogens is 348 g/mol. The van der Waals surface area contributed by atoms with E-state index in [0.29, 0.717) is 0 Å². The molecule has 154 valence electrons. The summed E-state index contributed by atoms with van der Waals surface area (Å²) in [7, 11) is 0. The molecule has 0 aliphatic heterocycles. The minimum absolute atomic E-state index is 1.09. The molecule has 2 aromatic carbocycles. The lowest BCUT2D eigenvalue weighted by Crippen LogP contribution is -1.95. The van der Waals surface area contributed by atoms with Gasteiger partial charge in [0.2, 0.25) is 0 Å². The van der Waals surface area contributed by atoms with Gasteiger partial charge >= 0.3 is 0 Å². The molecule has 29 heavy (non-hydrogen) atoms. The molecule has 0 atom stereocenters. The molecule has 2 aromatic rings. The quantitative estimate of drug-likeness (QED) is 0.418. The number of hydrogen-bond donors (Lipinski definition) is 0. The molecule has 0 spiro atoms. The van der Waals surface area contributed by atoms with Crippen molar-refractivity contribution in [2.75, 3.05) is 0 Å². The van der Waals surface area contributed by atoms with Crippen molar-refractivity contribution in [1.29, 1.82) is 0 Å². The van der Waals surface area contributed by atoms with Crippen LogP contribution in [0.5, 0.6) is 0 Å². The van der Waals surface area contributed by atoms with Gasteiger partial charge in [-0.05, 0) is 81.7 Å². The van der Waals surface area contributed by atoms with Crippen molar-refractivity contribution in [3.05, 3.63) is 113 Å². The van der Waals surface area contributed by atoms with Crippen molar-refractivity contribution < 1.29 is 0 Å². The van der Waals surface area contributed by atoms with Crippen LogP contribution in [0.2, 0.25) is 0 Å². The third-order valence-electron chi connectivity index (χ3n) is 5.21. The van der Waals surface area contributed by atoms with E-state index in [2.05, 4.69) is 109 Å². The smallest absolute Gasteiger partial charge is 0.0228 e. The Morgan fingerprint density at radius 3 is 2.24 bits per heavy atom. The highest BCUT2D eigenvalue weighted by Gasteiger charge is 2.02. The summed E-state index contributed by atoms with van der Waals surface area (Å²) < 4.78 is 0. The van der Waals surface area contributed by atoms with Gasteiger partial charge in [0.1, 0.15) is 0 Å². The van der Waals surface area contributed by atoms with Crippen LogP contribution in [0.15, 0.2) is 85.0 Å². The fraction of sp³-hybridized carbons (Fsp3) is 0.310. The molecule has 2 rings (SSSR count). The molecule has 0 heteroatoms. The second-order valence-corrected chi connectivity index (χ2v) is 7.67. The maximum atomic E-state index is 4.04. The Hall–Kier alpha value is -2.60. The van der Waals surface area contributed by atoms with E-state index in [0.717, 1.165) is 24.8 Å². The molecule has 0 fully saturated rings. The van der Waals surface area contributed by atoms with Gasteiger partial charge in [-0.25, -0.2) is 0 Å². The van der Waals surface area contributed by atoms with Gasteiger partial charge in [0.15, 0.2) is 0 Å². The Morgan fingerprint density at radius 2 is 1.69 bits per heavy atom. The Morgan fingerprint density at radius 1 is 1.00 bits per heavy atom. The summed E-state index contributed by atoms with van der Waals surface area (Å²) in [4.78, 5) is 0. The van der Waals surface area contributed by atoms with Crippen LogP contribution < -0.4 is 0 Å². The van der Waals surface area contributed by atoms with E-state index in [1.165, 1.54) is 39.0 Å². The topological polar surface area (TPSA) is 0 Å². The van der Waals surface area contributed by atoms with Gasteiger partial charge in [0, 0.05) is 0 Å². The highest BCUT2D eigenvalue weighted by molar-refractivity contribution is 5.62. The second kappa shape index (κ2) is 12.8. The van der Waals surface area contributed by atoms with E-state index in [1.54, 1.807) is 0 Å². The first-order valence-electron chi connectivity index (χ1n) is 10.6. The van der Waals surface area contributed by atoms with Crippen LogP contribution in [0.4, 0.5) is 0 Å². The molecule has 0 N–H and O–H groups in total. The van der Waals surface area contributed by atoms with Gasteiger partial charge in [-0.1, -0.05) is 97.5 Å². The number of aryl methyl sites for hydroxylation is 4. The minimum Gasteiger partial charge on any atom is -0.0991 e. The Bertz CT molecular complexity index is 875. The van der Waals surface area contributed by atoms with Crippen molar-refractivity contribution in [3.8, 4) is 0 Å². The molecule has 0 aromatic heterocycles. The molecule has 0 unspecified atom stereocenters. The molecule has 0 amide bonds. The van der Waals surface area contributed by atoms with Gasteiger partial charge in [-0.3, -0.25) is 0 Å². The number of rotatable bonds is 7. The number of hydrogen-bond acceptors (Lipinski definition) is 0. The molecule has 0 bridgehead atoms. The summed E-state index contributed by atoms with van der Waals surface area (Å²) >= 11 is 0. The summed E-state index contributed by atoms with van der Waals surface area (Å²) in [5.41, 5.74) is 10.7. The SMILES string of the molecule is C=C(C)c1cc(C)cc(CCc2ccccc2C)c1.C=C/C=C(CC)\C(C)=C/C. The predicted octanol–water partition coefficient (Wildman–Crippen LogP) is 8.60. The third kappa shape index (κ3) is 8.52. The number of benzene rings is 2. The Kier molecular flexibility index (Phi) is 10.8. The van der Waals surface area contributed by atoms with Crippen LogP contribution >= 0.6 is 0 Å². The van der Waals surface area contributed by atoms with E-state index < -0.39 is 0 Å². The summed E-state index contributed by atoms with van der Waals surface area (Å²) in [6.07, 6.45) is 9.31. The zero-order valence-electron chi connectivity index (χ0n) is 19.3. The Labute approximate surface area is 179 Å². The molecule has 0 saturated carbocycles. The van der Waals surface area contributed by atoms with Crippen molar-refractivity contribution >= 4 is 5.57 Å². The Balaban J connectivity index is 0.000000359. The first-order chi connectivity index (χ1) is 13.8. The second-order valence-electron chi connectivity index (χ2n) is 7.67. The van der Waals surface area contributed by atoms with Crippen LogP contribution in [0.1, 0.15) is 61.9 Å². The first kappa shape index (κ1) is 24.4. The molecule has 0 aliphatic carbocycles. The highest BCUT2D eigenvalue weighted by atomic mass is 14.1. The zero-order valence-corrected chi connectivity index (χ0v) is 19.3. The normalized spacial score (nSPS) is 11.5. The fourth-order valence-corrected chi connectivity index (χ4v) is 3.28. The van der Waals surface area contributed by atoms with E-state index in [-0.39, 0.29) is 0 Å². The monoisotopic (exact) mass is 386 g/mol. The first-order valence-corrected chi connectivity index (χ1v) is 10.6. The molecule has 0 nitrogen and oxygen atoms in total. The highest BCUT2D eigenvalue weighted by Crippen LogP contribution is 2.18. The van der Waals surface area contributed by atoms with Crippen LogP contribution in [-0.4, -0.2) is 0 Å². The summed E-state index contributed by atoms with van der Waals surface area (Å²) in [5.74, 6) is 0. The van der Waals surface area contributed by atoms with Crippen molar-refractivity contribution in [2.45, 2.75) is 60.8 Å². The van der Waals surface area contributed by atoms with E-state index in [4.69, 9.17) is 0 Å². The lowest BCUT2D eigenvalue weighted by molar-refractivity contribution is 0.946. The summed E-state index contributed by atoms with van der Waals surface area (Å²) in [6, 6.07) is 15.4. The van der Waals surface area contributed by atoms with Crippen molar-refractivity contribution in [2.24, 2.45) is 0 Å². The minimum atomic E-state index is 1.09. The van der Waals surface area contributed by atoms with E-state index in [9.17, 15) is 0 Å². The van der Waals surface area contributed by atoms with E-state index in [1.807, 2.05) is 6.08 Å². The van der Waals surface area contributed by atoms with Gasteiger partial charge in [0.25, 0.3) is 0 Å². The van der Waals surface area contributed by atoms with Crippen LogP contribution in [0, 0.1) is 13.8 Å². The average molecular weight is 387 g/mol. The van der Waals surface area contributed by atoms with Crippen molar-refractivity contribution in [1.82, 2.24) is 0 Å². The maximum absolute atomic E-state index is 4.04. The molecule has 0 saturated heterocycles. The van der Waals surface area contributed by atoms with Gasteiger partial charge in [-0.2, -0.15) is 0 Å². The van der Waals surface area contributed by atoms with Crippen LogP contribution in [0.25, 0.3) is 5.57 Å².